The second-order valence-electron chi connectivity index (χ2n) is 11.2. The fourth-order valence-electron chi connectivity index (χ4n) is 7.31. The van der Waals surface area contributed by atoms with Crippen molar-refractivity contribution in [3.63, 3.8) is 0 Å². The summed E-state index contributed by atoms with van der Waals surface area (Å²) in [4.78, 5) is 4.99. The molecule has 3 aliphatic heterocycles. The van der Waals surface area contributed by atoms with Gasteiger partial charge in [0.2, 0.25) is 6.79 Å². The summed E-state index contributed by atoms with van der Waals surface area (Å²) in [6.45, 7) is 2.82. The molecule has 4 atom stereocenters. The number of piperidine rings is 2. The minimum Gasteiger partial charge on any atom is -0.504 e. The minimum absolute atomic E-state index is 0. The highest BCUT2D eigenvalue weighted by Crippen LogP contribution is 2.44. The van der Waals surface area contributed by atoms with E-state index < -0.39 is 0 Å². The van der Waals surface area contributed by atoms with Gasteiger partial charge in [0.1, 0.15) is 0 Å². The summed E-state index contributed by atoms with van der Waals surface area (Å²) in [6, 6.07) is 9.22. The van der Waals surface area contributed by atoms with Crippen LogP contribution in [0.25, 0.3) is 0 Å². The number of hydrogen-bond acceptors (Lipinski definition) is 6. The summed E-state index contributed by atoms with van der Waals surface area (Å²) in [5.41, 5.74) is 5.06. The van der Waals surface area contributed by atoms with Crippen molar-refractivity contribution >= 4 is 17.0 Å². The number of nitrogens with zero attached hydrogens (tertiary/aromatic N) is 2. The lowest BCUT2D eigenvalue weighted by Gasteiger charge is -2.43. The molecule has 7 rings (SSSR count). The van der Waals surface area contributed by atoms with E-state index in [0.29, 0.717) is 18.8 Å². The fourth-order valence-corrected chi connectivity index (χ4v) is 7.31. The third-order valence-electron chi connectivity index (χ3n) is 9.28. The number of ether oxygens (including phenoxy) is 2. The van der Waals surface area contributed by atoms with E-state index in [0.717, 1.165) is 48.3 Å². The maximum Gasteiger partial charge on any atom is 0.231 e. The maximum atomic E-state index is 9.94. The van der Waals surface area contributed by atoms with Crippen LogP contribution in [0, 0.1) is 11.8 Å². The van der Waals surface area contributed by atoms with Crippen LogP contribution in [0.4, 0.5) is 0 Å². The summed E-state index contributed by atoms with van der Waals surface area (Å²) < 4.78 is 11.2. The summed E-state index contributed by atoms with van der Waals surface area (Å²) in [5.74, 6) is 3.52. The van der Waals surface area contributed by atoms with Crippen LogP contribution < -0.4 is 9.47 Å². The average molecular weight is 560 g/mol. The third-order valence-corrected chi connectivity index (χ3v) is 9.28. The molecule has 0 bridgehead atoms. The standard InChI is InChI=1S/C15H19NO2.C14H19NO2.BrH/c1-16-6-2-3-11-7-12-10(8-13(11)16)4-5-14-15(12)18-9-17-14;1-15-6-2-3-10-7-11-9(8-12(10)15)4-5-13(16)14(11)17;/h4-5,11,13H,2-3,6-9H2,1H3;4-5,10,12,16-17H,2-3,6-8H2,1H3;1H/t11-,13-;10-,12-;/m11./s1. The van der Waals surface area contributed by atoms with Gasteiger partial charge in [0.05, 0.1) is 0 Å². The van der Waals surface area contributed by atoms with Crippen LogP contribution in [-0.4, -0.2) is 66.1 Å². The molecule has 2 N–H and O–H groups in total. The van der Waals surface area contributed by atoms with Gasteiger partial charge in [-0.1, -0.05) is 12.1 Å². The molecule has 0 amide bonds. The molecule has 6 nitrogen and oxygen atoms in total. The van der Waals surface area contributed by atoms with Crippen molar-refractivity contribution in [1.29, 1.82) is 0 Å². The van der Waals surface area contributed by atoms with Gasteiger partial charge >= 0.3 is 0 Å². The maximum absolute atomic E-state index is 9.94. The highest BCUT2D eigenvalue weighted by molar-refractivity contribution is 8.93. The van der Waals surface area contributed by atoms with Gasteiger partial charge in [-0.15, -0.1) is 17.0 Å². The van der Waals surface area contributed by atoms with Gasteiger partial charge in [0.15, 0.2) is 23.0 Å². The molecule has 0 unspecified atom stereocenters. The molecule has 0 radical (unpaired) electrons. The number of phenolic OH excluding ortho intramolecular Hbond substituents is 2. The molecule has 36 heavy (non-hydrogen) atoms. The predicted molar refractivity (Wildman–Crippen MR) is 146 cm³/mol. The number of likely N-dealkylation sites (tertiary alicyclic amines) is 2. The molecule has 7 heteroatoms. The van der Waals surface area contributed by atoms with Crippen molar-refractivity contribution in [3.8, 4) is 23.0 Å². The second-order valence-corrected chi connectivity index (χ2v) is 11.2. The van der Waals surface area contributed by atoms with Gasteiger partial charge in [-0.3, -0.25) is 0 Å². The molecule has 196 valence electrons. The van der Waals surface area contributed by atoms with Crippen LogP contribution in [-0.2, 0) is 25.7 Å². The lowest BCUT2D eigenvalue weighted by molar-refractivity contribution is 0.111. The van der Waals surface area contributed by atoms with Gasteiger partial charge < -0.3 is 29.5 Å². The number of fused-ring (bicyclic) bond motifs is 6. The van der Waals surface area contributed by atoms with Gasteiger partial charge in [0, 0.05) is 23.2 Å². The van der Waals surface area contributed by atoms with Crippen molar-refractivity contribution < 1.29 is 19.7 Å². The first-order valence-corrected chi connectivity index (χ1v) is 13.3. The molecule has 0 saturated carbocycles. The Morgan fingerprint density at radius 2 is 1.33 bits per heavy atom. The summed E-state index contributed by atoms with van der Waals surface area (Å²) >= 11 is 0. The average Bonchev–Trinajstić information content (AvgIpc) is 3.35. The van der Waals surface area contributed by atoms with E-state index in [1.807, 2.05) is 6.07 Å². The van der Waals surface area contributed by atoms with Gasteiger partial charge in [-0.2, -0.15) is 0 Å². The predicted octanol–water partition coefficient (Wildman–Crippen LogP) is 4.71. The highest BCUT2D eigenvalue weighted by atomic mass is 79.9. The van der Waals surface area contributed by atoms with Crippen molar-refractivity contribution in [2.24, 2.45) is 11.8 Å². The first-order chi connectivity index (χ1) is 17.0. The summed E-state index contributed by atoms with van der Waals surface area (Å²) in [5, 5.41) is 19.5. The lowest BCUT2D eigenvalue weighted by Crippen LogP contribution is -2.47. The molecule has 2 aromatic carbocycles. The fraction of sp³-hybridized carbons (Fsp3) is 0.586. The topological polar surface area (TPSA) is 65.4 Å². The van der Waals surface area contributed by atoms with Crippen molar-refractivity contribution in [3.05, 3.63) is 46.5 Å². The van der Waals surface area contributed by atoms with E-state index in [1.54, 1.807) is 6.07 Å². The second kappa shape index (κ2) is 10.4. The smallest absolute Gasteiger partial charge is 0.231 e. The number of likely N-dealkylation sites (N-methyl/N-ethyl adjacent to an activating group) is 2. The Hall–Kier alpha value is -1.96. The van der Waals surface area contributed by atoms with Crippen molar-refractivity contribution in [1.82, 2.24) is 9.80 Å². The Morgan fingerprint density at radius 1 is 0.750 bits per heavy atom. The Bertz CT molecular complexity index is 1110. The molecular weight excluding hydrogens is 520 g/mol. The lowest BCUT2D eigenvalue weighted by atomic mass is 9.75. The zero-order valence-corrected chi connectivity index (χ0v) is 23.1. The zero-order valence-electron chi connectivity index (χ0n) is 21.4. The highest BCUT2D eigenvalue weighted by Gasteiger charge is 2.37. The number of benzene rings is 2. The molecular formula is C29H39BrN2O4. The van der Waals surface area contributed by atoms with Gasteiger partial charge in [-0.05, 0) is 114 Å². The Kier molecular flexibility index (Phi) is 7.44. The minimum atomic E-state index is 0. The Balaban J connectivity index is 0.000000144. The first kappa shape index (κ1) is 25.7. The third kappa shape index (κ3) is 4.59. The Labute approximate surface area is 225 Å². The summed E-state index contributed by atoms with van der Waals surface area (Å²) in [6.07, 6.45) is 9.42. The SMILES string of the molecule is Br.CN1CCC[C@@H]2Cc3c(ccc(O)c3O)C[C@H]21.CN1CCC[C@@H]2Cc3c(ccc4c3OCO4)C[C@H]21. The number of phenols is 2. The molecule has 0 aromatic heterocycles. The summed E-state index contributed by atoms with van der Waals surface area (Å²) in [7, 11) is 4.47. The van der Waals surface area contributed by atoms with Crippen LogP contribution in [0.5, 0.6) is 23.0 Å². The van der Waals surface area contributed by atoms with E-state index >= 15 is 0 Å². The van der Waals surface area contributed by atoms with E-state index in [4.69, 9.17) is 9.47 Å². The van der Waals surface area contributed by atoms with E-state index in [2.05, 4.69) is 36.0 Å². The normalized spacial score (nSPS) is 28.4. The molecule has 2 aromatic rings. The quantitative estimate of drug-likeness (QED) is 0.456. The Morgan fingerprint density at radius 3 is 2.00 bits per heavy atom. The largest absolute Gasteiger partial charge is 0.504 e. The van der Waals surface area contributed by atoms with Gasteiger partial charge in [-0.25, -0.2) is 0 Å². The van der Waals surface area contributed by atoms with Crippen LogP contribution in [0.2, 0.25) is 0 Å². The number of aromatic hydroxyl groups is 2. The van der Waals surface area contributed by atoms with Crippen molar-refractivity contribution in [2.75, 3.05) is 34.0 Å². The van der Waals surface area contributed by atoms with E-state index in [9.17, 15) is 10.2 Å². The van der Waals surface area contributed by atoms with Crippen LogP contribution in [0.15, 0.2) is 24.3 Å². The molecule has 2 saturated heterocycles. The molecule has 2 aliphatic carbocycles. The van der Waals surface area contributed by atoms with E-state index in [-0.39, 0.29) is 28.5 Å². The van der Waals surface area contributed by atoms with Crippen LogP contribution >= 0.6 is 17.0 Å². The number of hydrogen-bond donors (Lipinski definition) is 2. The van der Waals surface area contributed by atoms with E-state index in [1.165, 1.54) is 61.9 Å². The zero-order chi connectivity index (χ0) is 24.1. The first-order valence-electron chi connectivity index (χ1n) is 13.3. The van der Waals surface area contributed by atoms with Gasteiger partial charge in [0.25, 0.3) is 0 Å². The van der Waals surface area contributed by atoms with Crippen LogP contribution in [0.3, 0.4) is 0 Å². The number of rotatable bonds is 0. The molecule has 5 aliphatic rings. The van der Waals surface area contributed by atoms with Crippen LogP contribution in [0.1, 0.15) is 47.9 Å². The van der Waals surface area contributed by atoms with Crippen molar-refractivity contribution in [2.45, 2.75) is 63.5 Å². The molecule has 3 heterocycles. The number of halogens is 1. The molecule has 0 spiro atoms. The monoisotopic (exact) mass is 558 g/mol. The molecule has 2 fully saturated rings.